The van der Waals surface area contributed by atoms with Crippen molar-refractivity contribution < 1.29 is 25.0 Å². The first-order chi connectivity index (χ1) is 19.8. The van der Waals surface area contributed by atoms with Crippen LogP contribution >= 0.6 is 0 Å². The van der Waals surface area contributed by atoms with E-state index in [2.05, 4.69) is 67.6 Å². The fraction of sp³-hybridized carbons (Fsp3) is 0.697. The standard InChI is InChI=1S/C33H54N4O4S.H2O/c1-32(2,3)21-26-25-13-14-27(39)30(29(25)36-31(26)42-33(4,5)6)37-19-16-23(17-20-37)15-18-35-28(40)12-10-8-7-9-11-24(38)22-41-34;/h13-14,23,36,39H,7-12,15-22,34H2,1-6H3,(H,35,40);1H2. The average Bonchev–Trinajstić information content (AvgIpc) is 3.20. The van der Waals surface area contributed by atoms with Gasteiger partial charge in [0.05, 0.1) is 5.52 Å². The molecular weight excluding hydrogens is 564 g/mol. The summed E-state index contributed by atoms with van der Waals surface area (Å²) in [5.41, 5.74) is 3.52. The highest BCUT2D eigenvalue weighted by Crippen LogP contribution is 2.42. The minimum Gasteiger partial charge on any atom is -0.870 e. The Morgan fingerprint density at radius 1 is 1.07 bits per heavy atom. The summed E-state index contributed by atoms with van der Waals surface area (Å²) in [5, 5.41) is 16.6. The van der Waals surface area contributed by atoms with E-state index in [-0.39, 0.29) is 33.9 Å². The first-order valence-corrected chi connectivity index (χ1v) is 16.6. The lowest BCUT2D eigenvalue weighted by Gasteiger charge is -2.34. The van der Waals surface area contributed by atoms with Crippen LogP contribution in [0.25, 0.3) is 10.9 Å². The number of aromatic nitrogens is 1. The molecule has 0 atom stereocenters. The number of unbranched alkanes of at least 4 members (excludes halogenated alkanes) is 3. The Morgan fingerprint density at radius 3 is 2.33 bits per heavy atom. The summed E-state index contributed by atoms with van der Waals surface area (Å²) in [6, 6.07) is 3.95. The van der Waals surface area contributed by atoms with E-state index in [0.717, 1.165) is 75.7 Å². The number of Topliss-reactive ketones (excluding diaryl/α,β-unsaturated/α-hetero) is 1. The highest BCUT2D eigenvalue weighted by atomic mass is 32.2. The van der Waals surface area contributed by atoms with Crippen molar-refractivity contribution in [2.75, 3.05) is 31.1 Å². The van der Waals surface area contributed by atoms with Gasteiger partial charge in [-0.05, 0) is 82.8 Å². The number of phenols is 1. The minimum atomic E-state index is -0.0242. The van der Waals surface area contributed by atoms with Gasteiger partial charge in [0.1, 0.15) is 22.8 Å². The first kappa shape index (κ1) is 36.9. The molecule has 1 fully saturated rings. The number of thiol groups is 1. The van der Waals surface area contributed by atoms with Gasteiger partial charge in [0.15, 0.2) is 5.78 Å². The molecule has 9 nitrogen and oxygen atoms in total. The number of amides is 1. The zero-order chi connectivity index (χ0) is 30.9. The van der Waals surface area contributed by atoms with Gasteiger partial charge < -0.3 is 25.8 Å². The summed E-state index contributed by atoms with van der Waals surface area (Å²) in [5.74, 6) is 5.95. The second-order valence-corrected chi connectivity index (χ2v) is 16.2. The van der Waals surface area contributed by atoms with Gasteiger partial charge in [-0.3, -0.25) is 14.4 Å². The van der Waals surface area contributed by atoms with Crippen molar-refractivity contribution in [2.45, 2.75) is 116 Å². The van der Waals surface area contributed by atoms with Crippen molar-refractivity contribution in [1.29, 1.82) is 0 Å². The van der Waals surface area contributed by atoms with E-state index in [1.807, 2.05) is 6.07 Å². The SMILES string of the molecule is CC(C)(C)Cc1c([SH+]C(C)(C)C)[nH]c2c(N3CCC(CCNC(=O)CCCCCCC(=O)CON)CC3)c(O)ccc12.[OH-]. The summed E-state index contributed by atoms with van der Waals surface area (Å²) in [6.45, 7) is 16.1. The van der Waals surface area contributed by atoms with Crippen LogP contribution in [0.3, 0.4) is 0 Å². The summed E-state index contributed by atoms with van der Waals surface area (Å²) in [4.78, 5) is 34.1. The second-order valence-electron chi connectivity index (χ2n) is 14.2. The number of fused-ring (bicyclic) bond motifs is 1. The predicted octanol–water partition coefficient (Wildman–Crippen LogP) is 5.78. The topological polar surface area (TPSA) is 151 Å². The van der Waals surface area contributed by atoms with E-state index in [4.69, 9.17) is 5.90 Å². The lowest BCUT2D eigenvalue weighted by atomic mass is 9.88. The van der Waals surface area contributed by atoms with Gasteiger partial charge in [-0.25, -0.2) is 5.90 Å². The molecule has 10 heteroatoms. The smallest absolute Gasteiger partial charge is 0.227 e. The third-order valence-corrected chi connectivity index (χ3v) is 9.10. The van der Waals surface area contributed by atoms with Crippen LogP contribution in [0.4, 0.5) is 5.69 Å². The van der Waals surface area contributed by atoms with Crippen molar-refractivity contribution in [3.8, 4) is 5.75 Å². The number of benzene rings is 1. The largest absolute Gasteiger partial charge is 0.870 e. The van der Waals surface area contributed by atoms with E-state index in [1.165, 1.54) is 27.7 Å². The number of ketones is 1. The van der Waals surface area contributed by atoms with Crippen LogP contribution in [0.15, 0.2) is 17.2 Å². The molecule has 0 radical (unpaired) electrons. The van der Waals surface area contributed by atoms with Gasteiger partial charge in [-0.2, -0.15) is 0 Å². The molecule has 3 rings (SSSR count). The van der Waals surface area contributed by atoms with Crippen LogP contribution in [0.5, 0.6) is 5.75 Å². The Hall–Kier alpha value is -2.27. The van der Waals surface area contributed by atoms with Crippen molar-refractivity contribution in [3.63, 3.8) is 0 Å². The Labute approximate surface area is 262 Å². The number of anilines is 1. The number of aromatic amines is 1. The molecule has 43 heavy (non-hydrogen) atoms. The molecule has 0 bridgehead atoms. The molecule has 2 heterocycles. The van der Waals surface area contributed by atoms with Gasteiger partial charge in [0, 0.05) is 55.2 Å². The molecule has 0 spiro atoms. The predicted molar refractivity (Wildman–Crippen MR) is 177 cm³/mol. The number of piperidine rings is 1. The molecule has 0 saturated carbocycles. The second kappa shape index (κ2) is 16.7. The van der Waals surface area contributed by atoms with Crippen molar-refractivity contribution in [1.82, 2.24) is 10.3 Å². The normalized spacial score (nSPS) is 14.6. The Morgan fingerprint density at radius 2 is 1.72 bits per heavy atom. The quantitative estimate of drug-likeness (QED) is 0.0853. The van der Waals surface area contributed by atoms with Gasteiger partial charge in [-0.15, -0.1) is 0 Å². The van der Waals surface area contributed by atoms with Crippen molar-refractivity contribution in [3.05, 3.63) is 17.7 Å². The summed E-state index contributed by atoms with van der Waals surface area (Å²) >= 11 is 1.27. The molecule has 1 amide bonds. The van der Waals surface area contributed by atoms with E-state index in [1.54, 1.807) is 0 Å². The Kier molecular flexibility index (Phi) is 14.3. The first-order valence-electron chi connectivity index (χ1n) is 15.7. The number of hydrogen-bond acceptors (Lipinski definition) is 7. The molecule has 6 N–H and O–H groups in total. The highest BCUT2D eigenvalue weighted by Gasteiger charge is 2.31. The number of carbonyl (C=O) groups is 2. The number of aromatic hydroxyl groups is 1. The fourth-order valence-corrected chi connectivity index (χ4v) is 6.99. The Bertz CT molecular complexity index is 1180. The lowest BCUT2D eigenvalue weighted by molar-refractivity contribution is -0.124. The third kappa shape index (κ3) is 12.0. The van der Waals surface area contributed by atoms with Crippen LogP contribution in [0.2, 0.25) is 0 Å². The number of nitrogens with two attached hydrogens (primary N) is 1. The summed E-state index contributed by atoms with van der Waals surface area (Å²) in [7, 11) is 0. The van der Waals surface area contributed by atoms with Crippen LogP contribution < -0.4 is 16.1 Å². The number of rotatable bonds is 15. The molecule has 1 aliphatic rings. The summed E-state index contributed by atoms with van der Waals surface area (Å²) < 4.78 is 0.131. The van der Waals surface area contributed by atoms with Gasteiger partial charge in [0.2, 0.25) is 10.9 Å². The van der Waals surface area contributed by atoms with Crippen LogP contribution in [-0.4, -0.2) is 58.2 Å². The van der Waals surface area contributed by atoms with Crippen LogP contribution in [0.1, 0.15) is 105 Å². The molecule has 2 aromatic rings. The van der Waals surface area contributed by atoms with E-state index >= 15 is 0 Å². The van der Waals surface area contributed by atoms with Crippen molar-refractivity contribution in [2.24, 2.45) is 17.2 Å². The molecule has 1 aliphatic heterocycles. The minimum absolute atomic E-state index is 0. The number of carbonyl (C=O) groups excluding carboxylic acids is 2. The van der Waals surface area contributed by atoms with Gasteiger partial charge in [-0.1, -0.05) is 33.6 Å². The zero-order valence-corrected chi connectivity index (χ0v) is 28.1. The van der Waals surface area contributed by atoms with E-state index < -0.39 is 0 Å². The van der Waals surface area contributed by atoms with Crippen molar-refractivity contribution >= 4 is 40.0 Å². The van der Waals surface area contributed by atoms with Crippen LogP contribution in [-0.2, 0) is 32.6 Å². The average molecular weight is 621 g/mol. The number of H-pyrrole nitrogens is 1. The zero-order valence-electron chi connectivity index (χ0n) is 27.2. The maximum absolute atomic E-state index is 12.3. The number of nitrogens with zero attached hydrogens (tertiary/aromatic N) is 1. The highest BCUT2D eigenvalue weighted by molar-refractivity contribution is 7.80. The molecule has 0 unspecified atom stereocenters. The third-order valence-electron chi connectivity index (χ3n) is 7.82. The van der Waals surface area contributed by atoms with Gasteiger partial charge in [0.25, 0.3) is 0 Å². The Balaban J connectivity index is 0.00000645. The molecule has 0 aliphatic carbocycles. The fourth-order valence-electron chi connectivity index (χ4n) is 5.82. The molecule has 244 valence electrons. The molecular formula is C33H56N4O5S. The number of hydrogen-bond donors (Lipinski definition) is 4. The molecule has 1 aromatic carbocycles. The summed E-state index contributed by atoms with van der Waals surface area (Å²) in [6.07, 6.45) is 8.60. The maximum Gasteiger partial charge on any atom is 0.227 e. The van der Waals surface area contributed by atoms with E-state index in [9.17, 15) is 14.7 Å². The lowest BCUT2D eigenvalue weighted by Crippen LogP contribution is -2.35. The monoisotopic (exact) mass is 620 g/mol. The molecule has 1 aromatic heterocycles. The van der Waals surface area contributed by atoms with Crippen LogP contribution in [0, 0.1) is 11.3 Å². The molecule has 1 saturated heterocycles. The van der Waals surface area contributed by atoms with Gasteiger partial charge >= 0.3 is 0 Å². The van der Waals surface area contributed by atoms with E-state index in [0.29, 0.717) is 31.1 Å². The maximum atomic E-state index is 12.3. The number of phenolic OH excluding ortho intramolecular Hbond substituents is 1. The number of nitrogens with one attached hydrogen (secondary N) is 2.